The number of Topliss-reactive ketones (excluding diaryl/α,β-unsaturated/α-hetero) is 1. The van der Waals surface area contributed by atoms with Gasteiger partial charge in [0.1, 0.15) is 5.60 Å². The molecule has 0 saturated carbocycles. The number of rotatable bonds is 10. The Hall–Kier alpha value is -3.39. The van der Waals surface area contributed by atoms with Crippen LogP contribution in [0.15, 0.2) is 79.0 Å². The number of carbonyl (C=O) groups is 1. The molecule has 1 heterocycles. The molecule has 0 aliphatic heterocycles. The number of ketones is 1. The number of nitrogens with zero attached hydrogens (tertiary/aromatic N) is 1. The van der Waals surface area contributed by atoms with Crippen LogP contribution < -0.4 is 0 Å². The number of pyridine rings is 1. The number of sulfone groups is 1. The molecule has 6 nitrogen and oxygen atoms in total. The summed E-state index contributed by atoms with van der Waals surface area (Å²) in [7, 11) is -3.41. The molecule has 1 aromatic heterocycles. The van der Waals surface area contributed by atoms with Crippen LogP contribution in [0, 0.1) is 0 Å². The van der Waals surface area contributed by atoms with Crippen LogP contribution in [-0.2, 0) is 25.8 Å². The van der Waals surface area contributed by atoms with Crippen molar-refractivity contribution in [2.75, 3.05) is 12.9 Å². The fraction of sp³-hybridized carbons (Fsp3) is 0.353. The second kappa shape index (κ2) is 11.5. The Morgan fingerprint density at radius 2 is 1.59 bits per heavy atom. The summed E-state index contributed by atoms with van der Waals surface area (Å²) < 4.78 is 24.3. The van der Waals surface area contributed by atoms with Crippen molar-refractivity contribution >= 4 is 26.5 Å². The molecule has 41 heavy (non-hydrogen) atoms. The van der Waals surface area contributed by atoms with Crippen molar-refractivity contribution in [2.45, 2.75) is 63.2 Å². The molecule has 216 valence electrons. The zero-order valence-electron chi connectivity index (χ0n) is 24.5. The van der Waals surface area contributed by atoms with Crippen LogP contribution in [0.25, 0.3) is 22.0 Å². The maximum absolute atomic E-state index is 13.5. The summed E-state index contributed by atoms with van der Waals surface area (Å²) in [6.07, 6.45) is 3.33. The summed E-state index contributed by atoms with van der Waals surface area (Å²) in [5, 5.41) is 21.0. The molecular formula is C34H39NO5S. The molecule has 7 heteroatoms. The Labute approximate surface area is 243 Å². The number of fused-ring (bicyclic) bond motifs is 1. The van der Waals surface area contributed by atoms with Gasteiger partial charge in [0.05, 0.1) is 10.3 Å². The number of aliphatic hydroxyl groups is 2. The van der Waals surface area contributed by atoms with E-state index in [1.807, 2.05) is 79.7 Å². The fourth-order valence-corrected chi connectivity index (χ4v) is 5.57. The third-order valence-corrected chi connectivity index (χ3v) is 10.2. The van der Waals surface area contributed by atoms with Gasteiger partial charge in [0, 0.05) is 41.8 Å². The monoisotopic (exact) mass is 573 g/mol. The molecule has 4 aromatic rings. The van der Waals surface area contributed by atoms with Crippen LogP contribution >= 0.6 is 0 Å². The molecule has 0 aliphatic carbocycles. The molecule has 4 rings (SSSR count). The van der Waals surface area contributed by atoms with Crippen LogP contribution in [-0.4, -0.2) is 47.9 Å². The number of aliphatic hydroxyl groups excluding tert-OH is 1. The molecule has 2 atom stereocenters. The highest BCUT2D eigenvalue weighted by molar-refractivity contribution is 7.91. The van der Waals surface area contributed by atoms with E-state index in [0.717, 1.165) is 38.7 Å². The normalized spacial score (nSPS) is 14.1. The molecule has 0 bridgehead atoms. The van der Waals surface area contributed by atoms with E-state index in [2.05, 4.69) is 4.98 Å². The van der Waals surface area contributed by atoms with E-state index < -0.39 is 26.1 Å². The molecule has 0 spiro atoms. The third-order valence-electron chi connectivity index (χ3n) is 8.11. The van der Waals surface area contributed by atoms with Crippen molar-refractivity contribution in [2.24, 2.45) is 0 Å². The molecule has 0 amide bonds. The maximum atomic E-state index is 13.5. The average Bonchev–Trinajstić information content (AvgIpc) is 2.93. The number of hydrogen-bond donors (Lipinski definition) is 2. The second-order valence-electron chi connectivity index (χ2n) is 12.0. The Morgan fingerprint density at radius 3 is 2.20 bits per heavy atom. The highest BCUT2D eigenvalue weighted by Gasteiger charge is 2.34. The minimum Gasteiger partial charge on any atom is -0.396 e. The smallest absolute Gasteiger partial charge is 0.171 e. The van der Waals surface area contributed by atoms with Crippen molar-refractivity contribution in [1.82, 2.24) is 4.98 Å². The van der Waals surface area contributed by atoms with Crippen LogP contribution in [0.4, 0.5) is 0 Å². The molecule has 2 N–H and O–H groups in total. The Morgan fingerprint density at radius 1 is 0.927 bits per heavy atom. The van der Waals surface area contributed by atoms with Gasteiger partial charge in [-0.3, -0.25) is 9.78 Å². The summed E-state index contributed by atoms with van der Waals surface area (Å²) in [4.78, 5) is 18.1. The van der Waals surface area contributed by atoms with E-state index >= 15 is 0 Å². The predicted molar refractivity (Wildman–Crippen MR) is 165 cm³/mol. The number of hydrogen-bond acceptors (Lipinski definition) is 6. The van der Waals surface area contributed by atoms with Crippen molar-refractivity contribution in [1.29, 1.82) is 0 Å². The minimum absolute atomic E-state index is 0.0176. The lowest BCUT2D eigenvalue weighted by molar-refractivity contribution is -0.135. The summed E-state index contributed by atoms with van der Waals surface area (Å²) in [5.74, 6) is -0.889. The van der Waals surface area contributed by atoms with E-state index in [4.69, 9.17) is 0 Å². The van der Waals surface area contributed by atoms with Gasteiger partial charge in [-0.1, -0.05) is 61.5 Å². The predicted octanol–water partition coefficient (Wildman–Crippen LogP) is 5.94. The van der Waals surface area contributed by atoms with E-state index in [9.17, 15) is 23.4 Å². The average molecular weight is 574 g/mol. The number of aromatic nitrogens is 1. The topological polar surface area (TPSA) is 105 Å². The maximum Gasteiger partial charge on any atom is 0.171 e. The SMILES string of the molecule is CC(CO)c1ccc(C(Cc2cccc(-c3cc(C(C)(C)S(C)(=O)=O)cc4cccnc34)c2)C(=O)C(C)(C)O)cc1. The Bertz CT molecular complexity index is 1670. The summed E-state index contributed by atoms with van der Waals surface area (Å²) in [5.41, 5.74) is 4.25. The highest BCUT2D eigenvalue weighted by atomic mass is 32.2. The van der Waals surface area contributed by atoms with Gasteiger partial charge in [-0.2, -0.15) is 0 Å². The zero-order valence-corrected chi connectivity index (χ0v) is 25.4. The third kappa shape index (κ3) is 6.43. The summed E-state index contributed by atoms with van der Waals surface area (Å²) >= 11 is 0. The van der Waals surface area contributed by atoms with E-state index in [-0.39, 0.29) is 18.3 Å². The Balaban J connectivity index is 1.80. The van der Waals surface area contributed by atoms with Gasteiger partial charge >= 0.3 is 0 Å². The first-order valence-corrected chi connectivity index (χ1v) is 15.7. The van der Waals surface area contributed by atoms with Crippen LogP contribution in [0.5, 0.6) is 0 Å². The van der Waals surface area contributed by atoms with E-state index in [1.54, 1.807) is 20.0 Å². The Kier molecular flexibility index (Phi) is 8.55. The van der Waals surface area contributed by atoms with Crippen molar-refractivity contribution in [3.63, 3.8) is 0 Å². The first-order chi connectivity index (χ1) is 19.1. The first-order valence-electron chi connectivity index (χ1n) is 13.8. The first kappa shape index (κ1) is 30.6. The van der Waals surface area contributed by atoms with Gasteiger partial charge < -0.3 is 10.2 Å². The lowest BCUT2D eigenvalue weighted by Gasteiger charge is -2.25. The molecule has 0 fully saturated rings. The lowest BCUT2D eigenvalue weighted by atomic mass is 9.81. The van der Waals surface area contributed by atoms with Gasteiger partial charge in [-0.15, -0.1) is 0 Å². The molecule has 3 aromatic carbocycles. The molecule has 0 aliphatic rings. The van der Waals surface area contributed by atoms with Crippen molar-refractivity contribution in [3.05, 3.63) is 101 Å². The minimum atomic E-state index is -3.41. The van der Waals surface area contributed by atoms with Gasteiger partial charge in [0.25, 0.3) is 0 Å². The van der Waals surface area contributed by atoms with Gasteiger partial charge in [0.15, 0.2) is 15.6 Å². The standard InChI is InChI=1S/C34H39NO5S/c1-22(21-36)24-12-14-25(15-13-24)30(32(37)33(2,3)38)18-23-9-7-10-26(17-23)29-20-28(34(4,5)41(6,39)40)19-27-11-8-16-35-31(27)29/h7-17,19-20,22,30,36,38H,18,21H2,1-6H3. The number of carbonyl (C=O) groups excluding carboxylic acids is 1. The lowest BCUT2D eigenvalue weighted by Crippen LogP contribution is -2.36. The van der Waals surface area contributed by atoms with Gasteiger partial charge in [-0.05, 0) is 80.1 Å². The fourth-order valence-electron chi connectivity index (χ4n) is 5.03. The van der Waals surface area contributed by atoms with E-state index in [0.29, 0.717) is 12.0 Å². The van der Waals surface area contributed by atoms with Gasteiger partial charge in [-0.25, -0.2) is 8.42 Å². The molecule has 2 unspecified atom stereocenters. The molecule has 0 radical (unpaired) electrons. The van der Waals surface area contributed by atoms with Crippen LogP contribution in [0.3, 0.4) is 0 Å². The van der Waals surface area contributed by atoms with Gasteiger partial charge in [0.2, 0.25) is 0 Å². The van der Waals surface area contributed by atoms with Crippen molar-refractivity contribution in [3.8, 4) is 11.1 Å². The second-order valence-corrected chi connectivity index (χ2v) is 14.6. The van der Waals surface area contributed by atoms with Crippen LogP contribution in [0.2, 0.25) is 0 Å². The zero-order chi connectivity index (χ0) is 30.2. The summed E-state index contributed by atoms with van der Waals surface area (Å²) in [6, 6.07) is 23.0. The van der Waals surface area contributed by atoms with Crippen LogP contribution in [0.1, 0.15) is 68.7 Å². The highest BCUT2D eigenvalue weighted by Crippen LogP contribution is 2.37. The quantitative estimate of drug-likeness (QED) is 0.243. The molecule has 0 saturated heterocycles. The number of benzene rings is 3. The molecular weight excluding hydrogens is 534 g/mol. The largest absolute Gasteiger partial charge is 0.396 e. The van der Waals surface area contributed by atoms with Crippen molar-refractivity contribution < 1.29 is 23.4 Å². The summed E-state index contributed by atoms with van der Waals surface area (Å²) in [6.45, 7) is 8.40. The van der Waals surface area contributed by atoms with E-state index in [1.165, 1.54) is 20.1 Å².